The molecule has 0 spiro atoms. The highest BCUT2D eigenvalue weighted by Gasteiger charge is 2.24. The lowest BCUT2D eigenvalue weighted by Crippen LogP contribution is -2.42. The number of sulfonamides is 1. The molecule has 1 aromatic rings. The summed E-state index contributed by atoms with van der Waals surface area (Å²) in [5, 5.41) is 0.0236. The molecule has 1 atom stereocenters. The Hall–Kier alpha value is -1.68. The molecule has 27 heavy (non-hydrogen) atoms. The van der Waals surface area contributed by atoms with E-state index >= 15 is 0 Å². The standard InChI is InChI=1S/C17H24ClN3O5S/c1-26-17(23)12-5-6-14(18)15(10-12)27(24,25)20-7-3-9-21-8-2-4-13(11-21)16(19)22/h5-6,10,13,20H,2-4,7-9,11H2,1H3,(H2,19,22). The fourth-order valence-corrected chi connectivity index (χ4v) is 4.63. The molecule has 8 nitrogen and oxygen atoms in total. The maximum atomic E-state index is 12.5. The van der Waals surface area contributed by atoms with Crippen molar-refractivity contribution in [2.45, 2.75) is 24.2 Å². The number of halogens is 1. The number of rotatable bonds is 8. The van der Waals surface area contributed by atoms with Crippen LogP contribution in [-0.2, 0) is 19.6 Å². The normalized spacial score (nSPS) is 18.2. The largest absolute Gasteiger partial charge is 0.465 e. The van der Waals surface area contributed by atoms with E-state index in [1.54, 1.807) is 0 Å². The fourth-order valence-electron chi connectivity index (χ4n) is 3.03. The van der Waals surface area contributed by atoms with Crippen molar-refractivity contribution in [3.63, 3.8) is 0 Å². The van der Waals surface area contributed by atoms with Crippen LogP contribution >= 0.6 is 11.6 Å². The minimum atomic E-state index is -3.86. The monoisotopic (exact) mass is 417 g/mol. The maximum absolute atomic E-state index is 12.5. The number of amides is 1. The molecule has 3 N–H and O–H groups in total. The lowest BCUT2D eigenvalue weighted by molar-refractivity contribution is -0.123. The van der Waals surface area contributed by atoms with Gasteiger partial charge in [-0.15, -0.1) is 0 Å². The summed E-state index contributed by atoms with van der Waals surface area (Å²) in [6.07, 6.45) is 2.27. The Bertz CT molecular complexity index is 800. The van der Waals surface area contributed by atoms with E-state index in [1.165, 1.54) is 25.3 Å². The molecule has 1 unspecified atom stereocenters. The highest BCUT2D eigenvalue weighted by molar-refractivity contribution is 7.89. The predicted molar refractivity (Wildman–Crippen MR) is 101 cm³/mol. The number of ether oxygens (including phenoxy) is 1. The second-order valence-electron chi connectivity index (χ2n) is 6.43. The molecule has 150 valence electrons. The van der Waals surface area contributed by atoms with Crippen LogP contribution in [0.4, 0.5) is 0 Å². The van der Waals surface area contributed by atoms with Crippen molar-refractivity contribution in [3.05, 3.63) is 28.8 Å². The number of carbonyl (C=O) groups excluding carboxylic acids is 2. The SMILES string of the molecule is COC(=O)c1ccc(Cl)c(S(=O)(=O)NCCCN2CCCC(C(N)=O)C2)c1. The van der Waals surface area contributed by atoms with E-state index < -0.39 is 16.0 Å². The molecular formula is C17H24ClN3O5S. The minimum Gasteiger partial charge on any atom is -0.465 e. The van der Waals surface area contributed by atoms with E-state index in [0.717, 1.165) is 19.4 Å². The van der Waals surface area contributed by atoms with Crippen molar-refractivity contribution in [2.24, 2.45) is 11.7 Å². The Morgan fingerprint density at radius 3 is 2.81 bits per heavy atom. The van der Waals surface area contributed by atoms with E-state index in [1.807, 2.05) is 0 Å². The van der Waals surface area contributed by atoms with Gasteiger partial charge in [-0.1, -0.05) is 11.6 Å². The summed E-state index contributed by atoms with van der Waals surface area (Å²) in [5.41, 5.74) is 5.47. The number of benzene rings is 1. The molecule has 10 heteroatoms. The summed E-state index contributed by atoms with van der Waals surface area (Å²) in [5.74, 6) is -1.08. The van der Waals surface area contributed by atoms with Crippen LogP contribution in [0.15, 0.2) is 23.1 Å². The van der Waals surface area contributed by atoms with E-state index in [4.69, 9.17) is 17.3 Å². The van der Waals surface area contributed by atoms with Gasteiger partial charge in [0.1, 0.15) is 4.90 Å². The molecule has 0 bridgehead atoms. The number of methoxy groups -OCH3 is 1. The summed E-state index contributed by atoms with van der Waals surface area (Å²) in [6.45, 7) is 2.33. The van der Waals surface area contributed by atoms with Gasteiger partial charge in [-0.2, -0.15) is 0 Å². The molecule has 1 saturated heterocycles. The highest BCUT2D eigenvalue weighted by atomic mass is 35.5. The number of nitrogens with two attached hydrogens (primary N) is 1. The number of piperidine rings is 1. The van der Waals surface area contributed by atoms with Gasteiger partial charge in [0, 0.05) is 13.1 Å². The lowest BCUT2D eigenvalue weighted by atomic mass is 9.97. The number of hydrogen-bond donors (Lipinski definition) is 2. The van der Waals surface area contributed by atoms with Gasteiger partial charge in [0.05, 0.1) is 23.6 Å². The molecule has 2 rings (SSSR count). The topological polar surface area (TPSA) is 119 Å². The molecule has 0 saturated carbocycles. The van der Waals surface area contributed by atoms with Crippen LogP contribution in [0.2, 0.25) is 5.02 Å². The number of esters is 1. The van der Waals surface area contributed by atoms with Crippen LogP contribution in [0, 0.1) is 5.92 Å². The molecule has 1 aromatic carbocycles. The van der Waals surface area contributed by atoms with E-state index in [0.29, 0.717) is 19.5 Å². The van der Waals surface area contributed by atoms with Crippen LogP contribution in [-0.4, -0.2) is 58.5 Å². The summed E-state index contributed by atoms with van der Waals surface area (Å²) < 4.78 is 32.1. The molecule has 0 aromatic heterocycles. The van der Waals surface area contributed by atoms with Gasteiger partial charge in [-0.05, 0) is 50.6 Å². The van der Waals surface area contributed by atoms with Crippen LogP contribution in [0.3, 0.4) is 0 Å². The molecule has 1 amide bonds. The average molecular weight is 418 g/mol. The first-order chi connectivity index (χ1) is 12.7. The van der Waals surface area contributed by atoms with Gasteiger partial charge in [0.15, 0.2) is 0 Å². The quantitative estimate of drug-likeness (QED) is 0.481. The Balaban J connectivity index is 1.91. The Morgan fingerprint density at radius 1 is 1.41 bits per heavy atom. The average Bonchev–Trinajstić information content (AvgIpc) is 2.65. The molecule has 1 heterocycles. The first kappa shape index (κ1) is 21.6. The van der Waals surface area contributed by atoms with E-state index in [9.17, 15) is 18.0 Å². The Morgan fingerprint density at radius 2 is 2.15 bits per heavy atom. The summed E-state index contributed by atoms with van der Waals surface area (Å²) >= 11 is 5.99. The van der Waals surface area contributed by atoms with Crippen molar-refractivity contribution in [1.82, 2.24) is 9.62 Å². The number of hydrogen-bond acceptors (Lipinski definition) is 6. The first-order valence-corrected chi connectivity index (χ1v) is 10.5. The van der Waals surface area contributed by atoms with E-state index in [-0.39, 0.29) is 33.9 Å². The van der Waals surface area contributed by atoms with Crippen molar-refractivity contribution in [3.8, 4) is 0 Å². The van der Waals surface area contributed by atoms with Gasteiger partial charge >= 0.3 is 5.97 Å². The predicted octanol–water partition coefficient (Wildman–Crippen LogP) is 0.992. The third kappa shape index (κ3) is 5.90. The van der Waals surface area contributed by atoms with Crippen molar-refractivity contribution in [1.29, 1.82) is 0 Å². The number of nitrogens with zero attached hydrogens (tertiary/aromatic N) is 1. The van der Waals surface area contributed by atoms with Gasteiger partial charge < -0.3 is 15.4 Å². The van der Waals surface area contributed by atoms with Crippen LogP contribution in [0.25, 0.3) is 0 Å². The maximum Gasteiger partial charge on any atom is 0.337 e. The Labute approximate surface area is 164 Å². The molecule has 1 aliphatic heterocycles. The zero-order valence-electron chi connectivity index (χ0n) is 15.1. The van der Waals surface area contributed by atoms with Gasteiger partial charge in [-0.3, -0.25) is 4.79 Å². The Kier molecular flexibility index (Phi) is 7.60. The number of nitrogens with one attached hydrogen (secondary N) is 1. The zero-order chi connectivity index (χ0) is 20.0. The fraction of sp³-hybridized carbons (Fsp3) is 0.529. The molecular weight excluding hydrogens is 394 g/mol. The molecule has 0 aliphatic carbocycles. The van der Waals surface area contributed by atoms with Crippen LogP contribution in [0.5, 0.6) is 0 Å². The van der Waals surface area contributed by atoms with Gasteiger partial charge in [-0.25, -0.2) is 17.9 Å². The summed E-state index contributed by atoms with van der Waals surface area (Å²) in [4.78, 5) is 24.8. The number of carbonyl (C=O) groups is 2. The highest BCUT2D eigenvalue weighted by Crippen LogP contribution is 2.23. The summed E-state index contributed by atoms with van der Waals surface area (Å²) in [7, 11) is -2.65. The molecule has 0 radical (unpaired) electrons. The minimum absolute atomic E-state index is 0.0236. The number of primary amides is 1. The van der Waals surface area contributed by atoms with Crippen molar-refractivity contribution < 1.29 is 22.7 Å². The zero-order valence-corrected chi connectivity index (χ0v) is 16.7. The van der Waals surface area contributed by atoms with Crippen LogP contribution in [0.1, 0.15) is 29.6 Å². The number of likely N-dealkylation sites (tertiary alicyclic amines) is 1. The molecule has 1 aliphatic rings. The van der Waals surface area contributed by atoms with Gasteiger partial charge in [0.2, 0.25) is 15.9 Å². The summed E-state index contributed by atoms with van der Waals surface area (Å²) in [6, 6.07) is 3.94. The third-order valence-electron chi connectivity index (χ3n) is 4.49. The third-order valence-corrected chi connectivity index (χ3v) is 6.44. The van der Waals surface area contributed by atoms with Crippen molar-refractivity contribution >= 4 is 33.5 Å². The smallest absolute Gasteiger partial charge is 0.337 e. The van der Waals surface area contributed by atoms with Crippen molar-refractivity contribution in [2.75, 3.05) is 33.3 Å². The first-order valence-electron chi connectivity index (χ1n) is 8.64. The van der Waals surface area contributed by atoms with E-state index in [2.05, 4.69) is 14.4 Å². The second kappa shape index (κ2) is 9.50. The lowest BCUT2D eigenvalue weighted by Gasteiger charge is -2.31. The van der Waals surface area contributed by atoms with Crippen LogP contribution < -0.4 is 10.5 Å². The van der Waals surface area contributed by atoms with Gasteiger partial charge in [0.25, 0.3) is 0 Å². The molecule has 1 fully saturated rings. The second-order valence-corrected chi connectivity index (χ2v) is 8.57.